The maximum absolute atomic E-state index is 12.7. The van der Waals surface area contributed by atoms with Gasteiger partial charge in [0.2, 0.25) is 0 Å². The van der Waals surface area contributed by atoms with E-state index in [1.54, 1.807) is 12.1 Å². The summed E-state index contributed by atoms with van der Waals surface area (Å²) in [5, 5.41) is 3.44. The molecule has 0 saturated carbocycles. The van der Waals surface area contributed by atoms with Crippen LogP contribution in [-0.2, 0) is 0 Å². The Morgan fingerprint density at radius 2 is 1.63 bits per heavy atom. The Hall–Kier alpha value is -1.09. The van der Waals surface area contributed by atoms with Gasteiger partial charge in [-0.05, 0) is 56.6 Å². The summed E-state index contributed by atoms with van der Waals surface area (Å²) in [5.74, 6) is 0.533. The summed E-state index contributed by atoms with van der Waals surface area (Å²) >= 11 is 0. The van der Waals surface area contributed by atoms with Crippen LogP contribution in [0.25, 0.3) is 0 Å². The molecule has 0 fully saturated rings. The first-order chi connectivity index (χ1) is 9.33. The first kappa shape index (κ1) is 16.0. The lowest BCUT2D eigenvalue weighted by molar-refractivity contribution is 0.304. The lowest BCUT2D eigenvalue weighted by Gasteiger charge is -2.06. The van der Waals surface area contributed by atoms with Crippen molar-refractivity contribution >= 4 is 0 Å². The first-order valence-electron chi connectivity index (χ1n) is 7.42. The van der Waals surface area contributed by atoms with E-state index in [2.05, 4.69) is 12.2 Å². The maximum Gasteiger partial charge on any atom is 0.123 e. The van der Waals surface area contributed by atoms with Crippen molar-refractivity contribution in [3.63, 3.8) is 0 Å². The van der Waals surface area contributed by atoms with E-state index in [1.165, 1.54) is 44.2 Å². The summed E-state index contributed by atoms with van der Waals surface area (Å²) in [6.45, 7) is 5.20. The lowest BCUT2D eigenvalue weighted by atomic mass is 10.2. The second-order valence-corrected chi connectivity index (χ2v) is 4.82. The fourth-order valence-electron chi connectivity index (χ4n) is 1.85. The highest BCUT2D eigenvalue weighted by Crippen LogP contribution is 2.11. The van der Waals surface area contributed by atoms with Gasteiger partial charge in [0.1, 0.15) is 11.6 Å². The predicted octanol–water partition coefficient (Wildman–Crippen LogP) is 4.15. The normalized spacial score (nSPS) is 10.6. The highest BCUT2D eigenvalue weighted by Gasteiger charge is 1.95. The van der Waals surface area contributed by atoms with Crippen LogP contribution >= 0.6 is 0 Å². The van der Waals surface area contributed by atoms with Gasteiger partial charge in [0.25, 0.3) is 0 Å². The molecular weight excluding hydrogens is 241 g/mol. The van der Waals surface area contributed by atoms with Crippen LogP contribution in [0.2, 0.25) is 0 Å². The molecule has 1 N–H and O–H groups in total. The molecule has 19 heavy (non-hydrogen) atoms. The number of halogens is 1. The number of hydrogen-bond donors (Lipinski definition) is 1. The van der Waals surface area contributed by atoms with Crippen LogP contribution in [0.5, 0.6) is 5.75 Å². The Balaban J connectivity index is 1.87. The molecule has 108 valence electrons. The van der Waals surface area contributed by atoms with Gasteiger partial charge in [-0.2, -0.15) is 0 Å². The van der Waals surface area contributed by atoms with E-state index in [4.69, 9.17) is 4.74 Å². The molecular formula is C16H26FNO. The predicted molar refractivity (Wildman–Crippen MR) is 78.1 cm³/mol. The second kappa shape index (κ2) is 10.8. The molecule has 1 rings (SSSR count). The van der Waals surface area contributed by atoms with Gasteiger partial charge in [-0.25, -0.2) is 4.39 Å². The third kappa shape index (κ3) is 8.60. The minimum Gasteiger partial charge on any atom is -0.494 e. The van der Waals surface area contributed by atoms with Gasteiger partial charge in [0.05, 0.1) is 6.61 Å². The Labute approximate surface area is 116 Å². The molecule has 0 aliphatic heterocycles. The van der Waals surface area contributed by atoms with E-state index < -0.39 is 0 Å². The molecule has 2 nitrogen and oxygen atoms in total. The molecule has 0 atom stereocenters. The van der Waals surface area contributed by atoms with Crippen molar-refractivity contribution < 1.29 is 9.13 Å². The Morgan fingerprint density at radius 1 is 0.947 bits per heavy atom. The molecule has 3 heteroatoms. The third-order valence-corrected chi connectivity index (χ3v) is 3.04. The van der Waals surface area contributed by atoms with Crippen molar-refractivity contribution in [2.75, 3.05) is 19.7 Å². The topological polar surface area (TPSA) is 21.3 Å². The first-order valence-corrected chi connectivity index (χ1v) is 7.42. The van der Waals surface area contributed by atoms with E-state index >= 15 is 0 Å². The molecule has 0 aromatic heterocycles. The molecule has 1 aromatic carbocycles. The number of benzene rings is 1. The second-order valence-electron chi connectivity index (χ2n) is 4.82. The van der Waals surface area contributed by atoms with E-state index in [-0.39, 0.29) is 5.82 Å². The molecule has 0 aliphatic carbocycles. The number of nitrogens with one attached hydrogen (secondary N) is 1. The van der Waals surface area contributed by atoms with Crippen LogP contribution in [0.4, 0.5) is 4.39 Å². The molecule has 0 heterocycles. The Morgan fingerprint density at radius 3 is 2.37 bits per heavy atom. The van der Waals surface area contributed by atoms with Crippen LogP contribution in [0.3, 0.4) is 0 Å². The van der Waals surface area contributed by atoms with Gasteiger partial charge in [-0.1, -0.05) is 26.2 Å². The van der Waals surface area contributed by atoms with Crippen molar-refractivity contribution in [1.29, 1.82) is 0 Å². The zero-order valence-corrected chi connectivity index (χ0v) is 12.0. The van der Waals surface area contributed by atoms with E-state index in [1.807, 2.05) is 0 Å². The minimum absolute atomic E-state index is 0.220. The molecule has 0 amide bonds. The lowest BCUT2D eigenvalue weighted by Crippen LogP contribution is -2.16. The molecule has 0 unspecified atom stereocenters. The van der Waals surface area contributed by atoms with Gasteiger partial charge < -0.3 is 10.1 Å². The smallest absolute Gasteiger partial charge is 0.123 e. The quantitative estimate of drug-likeness (QED) is 0.608. The zero-order chi connectivity index (χ0) is 13.8. The van der Waals surface area contributed by atoms with Gasteiger partial charge in [-0.3, -0.25) is 0 Å². The molecule has 0 aliphatic rings. The summed E-state index contributed by atoms with van der Waals surface area (Å²) < 4.78 is 18.2. The standard InChI is InChI=1S/C16H26FNO/c1-2-3-12-18-13-6-4-5-7-14-19-16-10-8-15(17)9-11-16/h8-11,18H,2-7,12-14H2,1H3. The summed E-state index contributed by atoms with van der Waals surface area (Å²) in [4.78, 5) is 0. The van der Waals surface area contributed by atoms with Crippen LogP contribution in [0, 0.1) is 5.82 Å². The fourth-order valence-corrected chi connectivity index (χ4v) is 1.85. The van der Waals surface area contributed by atoms with E-state index in [0.717, 1.165) is 31.9 Å². The van der Waals surface area contributed by atoms with Crippen molar-refractivity contribution in [2.45, 2.75) is 45.4 Å². The average Bonchev–Trinajstić information content (AvgIpc) is 2.43. The monoisotopic (exact) mass is 267 g/mol. The highest BCUT2D eigenvalue weighted by atomic mass is 19.1. The largest absolute Gasteiger partial charge is 0.494 e. The molecule has 0 spiro atoms. The van der Waals surface area contributed by atoms with Gasteiger partial charge in [0.15, 0.2) is 0 Å². The molecule has 0 radical (unpaired) electrons. The van der Waals surface area contributed by atoms with Crippen molar-refractivity contribution in [3.05, 3.63) is 30.1 Å². The third-order valence-electron chi connectivity index (χ3n) is 3.04. The summed E-state index contributed by atoms with van der Waals surface area (Å²) in [5.41, 5.74) is 0. The maximum atomic E-state index is 12.7. The number of rotatable bonds is 11. The van der Waals surface area contributed by atoms with Crippen LogP contribution in [-0.4, -0.2) is 19.7 Å². The molecule has 1 aromatic rings. The minimum atomic E-state index is -0.220. The van der Waals surface area contributed by atoms with Gasteiger partial charge in [-0.15, -0.1) is 0 Å². The van der Waals surface area contributed by atoms with Gasteiger partial charge >= 0.3 is 0 Å². The summed E-state index contributed by atoms with van der Waals surface area (Å²) in [6, 6.07) is 6.20. The summed E-state index contributed by atoms with van der Waals surface area (Å²) in [6.07, 6.45) is 7.26. The van der Waals surface area contributed by atoms with Crippen LogP contribution < -0.4 is 10.1 Å². The SMILES string of the molecule is CCCCNCCCCCCOc1ccc(F)cc1. The van der Waals surface area contributed by atoms with Gasteiger partial charge in [0, 0.05) is 0 Å². The van der Waals surface area contributed by atoms with Crippen molar-refractivity contribution in [1.82, 2.24) is 5.32 Å². The van der Waals surface area contributed by atoms with Crippen LogP contribution in [0.15, 0.2) is 24.3 Å². The van der Waals surface area contributed by atoms with E-state index in [9.17, 15) is 4.39 Å². The Bertz CT molecular complexity index is 313. The van der Waals surface area contributed by atoms with E-state index in [0.29, 0.717) is 0 Å². The van der Waals surface area contributed by atoms with Crippen LogP contribution in [0.1, 0.15) is 45.4 Å². The zero-order valence-electron chi connectivity index (χ0n) is 12.0. The number of hydrogen-bond acceptors (Lipinski definition) is 2. The average molecular weight is 267 g/mol. The fraction of sp³-hybridized carbons (Fsp3) is 0.625. The van der Waals surface area contributed by atoms with Crippen molar-refractivity contribution in [2.24, 2.45) is 0 Å². The van der Waals surface area contributed by atoms with Crippen molar-refractivity contribution in [3.8, 4) is 5.75 Å². The molecule has 0 bridgehead atoms. The number of ether oxygens (including phenoxy) is 1. The number of unbranched alkanes of at least 4 members (excludes halogenated alkanes) is 4. The summed E-state index contributed by atoms with van der Waals surface area (Å²) in [7, 11) is 0. The Kier molecular flexibility index (Phi) is 9.07. The highest BCUT2D eigenvalue weighted by molar-refractivity contribution is 5.21. The molecule has 0 saturated heterocycles.